The second-order valence-corrected chi connectivity index (χ2v) is 5.68. The summed E-state index contributed by atoms with van der Waals surface area (Å²) >= 11 is 5.93. The van der Waals surface area contributed by atoms with Crippen LogP contribution in [0.3, 0.4) is 0 Å². The quantitative estimate of drug-likeness (QED) is 0.781. The van der Waals surface area contributed by atoms with Crippen LogP contribution in [0.15, 0.2) is 41.3 Å². The lowest BCUT2D eigenvalue weighted by molar-refractivity contribution is 0.468. The Morgan fingerprint density at radius 3 is 2.73 bits per heavy atom. The third-order valence-electron chi connectivity index (χ3n) is 3.34. The van der Waals surface area contributed by atoms with Crippen LogP contribution in [0.4, 0.5) is 0 Å². The molecule has 116 valence electrons. The number of hydrogen-bond acceptors (Lipinski definition) is 2. The molecule has 0 aliphatic rings. The average Bonchev–Trinajstić information content (AvgIpc) is 2.47. The number of pyridine rings is 1. The Hall–Kier alpha value is -2.00. The van der Waals surface area contributed by atoms with Crippen molar-refractivity contribution >= 4 is 17.7 Å². The summed E-state index contributed by atoms with van der Waals surface area (Å²) in [6.45, 7) is 4.02. The molecule has 2 rings (SSSR count). The van der Waals surface area contributed by atoms with Gasteiger partial charge in [0, 0.05) is 23.8 Å². The largest absolute Gasteiger partial charge is 0.451 e. The first kappa shape index (κ1) is 16.4. The number of aromatic nitrogens is 1. The third kappa shape index (κ3) is 4.01. The number of aryl methyl sites for hydroxylation is 2. The van der Waals surface area contributed by atoms with Crippen LogP contribution in [0.1, 0.15) is 31.0 Å². The van der Waals surface area contributed by atoms with Gasteiger partial charge >= 0.3 is 0 Å². The molecule has 0 saturated heterocycles. The Balaban J connectivity index is 2.29. The van der Waals surface area contributed by atoms with Crippen molar-refractivity contribution in [2.24, 2.45) is 7.05 Å². The summed E-state index contributed by atoms with van der Waals surface area (Å²) in [7, 11) is 1.90. The summed E-state index contributed by atoms with van der Waals surface area (Å²) in [6.07, 6.45) is 7.82. The highest BCUT2D eigenvalue weighted by atomic mass is 35.5. The maximum atomic E-state index is 12.2. The molecule has 0 unspecified atom stereocenters. The van der Waals surface area contributed by atoms with Gasteiger partial charge in [-0.25, -0.2) is 0 Å². The summed E-state index contributed by atoms with van der Waals surface area (Å²) in [6, 6.07) is 6.92. The summed E-state index contributed by atoms with van der Waals surface area (Å²) < 4.78 is 7.62. The Labute approximate surface area is 135 Å². The standard InChI is InChI=1S/C18H20ClNO2/c1-4-5-6-7-15-11-16(21)18(12-20(15)3)22-17-9-8-14(19)10-13(17)2/h6-12H,4-5H2,1-3H3. The number of benzene rings is 1. The molecule has 1 heterocycles. The van der Waals surface area contributed by atoms with Crippen LogP contribution >= 0.6 is 11.6 Å². The SMILES string of the molecule is CCCC=Cc1cc(=O)c(Oc2ccc(Cl)cc2C)cn1C. The Morgan fingerprint density at radius 2 is 2.05 bits per heavy atom. The molecule has 3 nitrogen and oxygen atoms in total. The molecule has 0 aliphatic heterocycles. The maximum Gasteiger partial charge on any atom is 0.224 e. The summed E-state index contributed by atoms with van der Waals surface area (Å²) in [5, 5.41) is 0.647. The van der Waals surface area contributed by atoms with Crippen molar-refractivity contribution in [3.63, 3.8) is 0 Å². The van der Waals surface area contributed by atoms with Gasteiger partial charge in [0.25, 0.3) is 0 Å². The van der Waals surface area contributed by atoms with Gasteiger partial charge in [-0.2, -0.15) is 0 Å². The number of allylic oxidation sites excluding steroid dienone is 1. The molecule has 0 N–H and O–H groups in total. The summed E-state index contributed by atoms with van der Waals surface area (Å²) in [5.74, 6) is 0.941. The lowest BCUT2D eigenvalue weighted by Crippen LogP contribution is -2.10. The van der Waals surface area contributed by atoms with Crippen LogP contribution in [-0.2, 0) is 7.05 Å². The molecule has 0 atom stereocenters. The van der Waals surface area contributed by atoms with Crippen molar-refractivity contribution in [3.05, 3.63) is 63.0 Å². The highest BCUT2D eigenvalue weighted by Crippen LogP contribution is 2.25. The van der Waals surface area contributed by atoms with Gasteiger partial charge < -0.3 is 9.30 Å². The van der Waals surface area contributed by atoms with E-state index >= 15 is 0 Å². The molecule has 0 fully saturated rings. The number of nitrogens with zero attached hydrogens (tertiary/aromatic N) is 1. The van der Waals surface area contributed by atoms with Gasteiger partial charge in [-0.3, -0.25) is 4.79 Å². The zero-order valence-electron chi connectivity index (χ0n) is 13.1. The second kappa shape index (κ2) is 7.32. The predicted octanol–water partition coefficient (Wildman–Crippen LogP) is 4.95. The van der Waals surface area contributed by atoms with E-state index in [0.717, 1.165) is 24.1 Å². The number of hydrogen-bond donors (Lipinski definition) is 0. The zero-order chi connectivity index (χ0) is 16.1. The molecule has 0 aliphatic carbocycles. The lowest BCUT2D eigenvalue weighted by atomic mass is 10.2. The molecule has 1 aromatic heterocycles. The molecule has 1 aromatic carbocycles. The molecule has 0 amide bonds. The monoisotopic (exact) mass is 317 g/mol. The van der Waals surface area contributed by atoms with Gasteiger partial charge in [-0.15, -0.1) is 0 Å². The van der Waals surface area contributed by atoms with Crippen LogP contribution in [0.2, 0.25) is 5.02 Å². The first-order chi connectivity index (χ1) is 10.5. The number of ether oxygens (including phenoxy) is 1. The average molecular weight is 318 g/mol. The van der Waals surface area contributed by atoms with Gasteiger partial charge in [-0.1, -0.05) is 31.0 Å². The van der Waals surface area contributed by atoms with Gasteiger partial charge in [0.1, 0.15) is 5.75 Å². The molecule has 0 bridgehead atoms. The molecular formula is C18H20ClNO2. The molecule has 0 saturated carbocycles. The number of rotatable bonds is 5. The van der Waals surface area contributed by atoms with Crippen molar-refractivity contribution in [2.75, 3.05) is 0 Å². The van der Waals surface area contributed by atoms with E-state index in [9.17, 15) is 4.79 Å². The molecule has 2 aromatic rings. The van der Waals surface area contributed by atoms with Crippen LogP contribution in [0, 0.1) is 6.92 Å². The van der Waals surface area contributed by atoms with Crippen molar-refractivity contribution in [2.45, 2.75) is 26.7 Å². The van der Waals surface area contributed by atoms with Crippen molar-refractivity contribution in [1.82, 2.24) is 4.57 Å². The van der Waals surface area contributed by atoms with Crippen molar-refractivity contribution in [1.29, 1.82) is 0 Å². The summed E-state index contributed by atoms with van der Waals surface area (Å²) in [5.41, 5.74) is 1.61. The van der Waals surface area contributed by atoms with E-state index in [2.05, 4.69) is 13.0 Å². The van der Waals surface area contributed by atoms with Crippen LogP contribution in [0.25, 0.3) is 6.08 Å². The van der Waals surface area contributed by atoms with E-state index in [0.29, 0.717) is 16.5 Å². The third-order valence-corrected chi connectivity index (χ3v) is 3.58. The molecule has 22 heavy (non-hydrogen) atoms. The van der Waals surface area contributed by atoms with Gasteiger partial charge in [0.05, 0.1) is 6.20 Å². The minimum atomic E-state index is -0.136. The Morgan fingerprint density at radius 1 is 1.27 bits per heavy atom. The zero-order valence-corrected chi connectivity index (χ0v) is 13.9. The molecule has 4 heteroatoms. The van der Waals surface area contributed by atoms with Gasteiger partial charge in [0.2, 0.25) is 5.43 Å². The van der Waals surface area contributed by atoms with E-state index in [1.807, 2.05) is 30.7 Å². The van der Waals surface area contributed by atoms with E-state index in [4.69, 9.17) is 16.3 Å². The normalized spacial score (nSPS) is 11.1. The molecular weight excluding hydrogens is 298 g/mol. The fourth-order valence-corrected chi connectivity index (χ4v) is 2.31. The summed E-state index contributed by atoms with van der Waals surface area (Å²) in [4.78, 5) is 12.2. The topological polar surface area (TPSA) is 31.2 Å². The van der Waals surface area contributed by atoms with Crippen molar-refractivity contribution < 1.29 is 4.74 Å². The van der Waals surface area contributed by atoms with Gasteiger partial charge in [0.15, 0.2) is 5.75 Å². The first-order valence-corrected chi connectivity index (χ1v) is 7.70. The van der Waals surface area contributed by atoms with E-state index < -0.39 is 0 Å². The smallest absolute Gasteiger partial charge is 0.224 e. The fourth-order valence-electron chi connectivity index (χ4n) is 2.08. The minimum Gasteiger partial charge on any atom is -0.451 e. The number of unbranched alkanes of at least 4 members (excludes halogenated alkanes) is 1. The molecule has 0 radical (unpaired) electrons. The predicted molar refractivity (Wildman–Crippen MR) is 91.9 cm³/mol. The van der Waals surface area contributed by atoms with E-state index in [-0.39, 0.29) is 5.43 Å². The maximum absolute atomic E-state index is 12.2. The fraction of sp³-hybridized carbons (Fsp3) is 0.278. The highest BCUT2D eigenvalue weighted by Gasteiger charge is 2.07. The van der Waals surface area contributed by atoms with Crippen molar-refractivity contribution in [3.8, 4) is 11.5 Å². The highest BCUT2D eigenvalue weighted by molar-refractivity contribution is 6.30. The minimum absolute atomic E-state index is 0.136. The van der Waals surface area contributed by atoms with Gasteiger partial charge in [-0.05, 0) is 43.2 Å². The lowest BCUT2D eigenvalue weighted by Gasteiger charge is -2.11. The van der Waals surface area contributed by atoms with Crippen LogP contribution in [0.5, 0.6) is 11.5 Å². The van der Waals surface area contributed by atoms with Crippen LogP contribution in [-0.4, -0.2) is 4.57 Å². The van der Waals surface area contributed by atoms with E-state index in [1.165, 1.54) is 0 Å². The number of halogens is 1. The Kier molecular flexibility index (Phi) is 5.45. The van der Waals surface area contributed by atoms with E-state index in [1.54, 1.807) is 24.4 Å². The van der Waals surface area contributed by atoms with Crippen LogP contribution < -0.4 is 10.2 Å². The Bertz CT molecular complexity index is 747. The second-order valence-electron chi connectivity index (χ2n) is 5.24. The molecule has 0 spiro atoms. The first-order valence-electron chi connectivity index (χ1n) is 7.32.